The zero-order valence-corrected chi connectivity index (χ0v) is 16.9. The van der Waals surface area contributed by atoms with Crippen molar-refractivity contribution in [2.75, 3.05) is 26.2 Å². The van der Waals surface area contributed by atoms with Crippen LogP contribution >= 0.6 is 35.6 Å². The molecular formula is C18H21ClN2O3S2. The molecule has 1 heterocycles. The number of thiocarbonyl (C=S) groups is 1. The van der Waals surface area contributed by atoms with Crippen LogP contribution in [-0.4, -0.2) is 57.3 Å². The third kappa shape index (κ3) is 5.30. The number of likely N-dealkylation sites (N-methyl/N-ethyl adjacent to an activating group) is 1. The van der Waals surface area contributed by atoms with Crippen molar-refractivity contribution >= 4 is 57.8 Å². The van der Waals surface area contributed by atoms with Crippen LogP contribution < -0.4 is 0 Å². The lowest BCUT2D eigenvalue weighted by molar-refractivity contribution is -0.132. The summed E-state index contributed by atoms with van der Waals surface area (Å²) < 4.78 is 0.489. The highest BCUT2D eigenvalue weighted by atomic mass is 35.5. The molecule has 2 amide bonds. The van der Waals surface area contributed by atoms with Gasteiger partial charge in [0.1, 0.15) is 4.32 Å². The highest BCUT2D eigenvalue weighted by molar-refractivity contribution is 8.26. The van der Waals surface area contributed by atoms with E-state index in [4.69, 9.17) is 28.9 Å². The van der Waals surface area contributed by atoms with Crippen LogP contribution in [0.5, 0.6) is 0 Å². The highest BCUT2D eigenvalue weighted by Crippen LogP contribution is 2.33. The maximum absolute atomic E-state index is 12.6. The Kier molecular flexibility index (Phi) is 8.09. The molecule has 1 saturated heterocycles. The van der Waals surface area contributed by atoms with E-state index in [9.17, 15) is 9.59 Å². The molecule has 0 spiro atoms. The van der Waals surface area contributed by atoms with Gasteiger partial charge in [-0.1, -0.05) is 53.8 Å². The van der Waals surface area contributed by atoms with Gasteiger partial charge in [0.2, 0.25) is 5.91 Å². The van der Waals surface area contributed by atoms with Crippen molar-refractivity contribution in [3.63, 3.8) is 0 Å². The Morgan fingerprint density at radius 3 is 2.81 bits per heavy atom. The summed E-state index contributed by atoms with van der Waals surface area (Å²) in [5.41, 5.74) is 0.771. The maximum Gasteiger partial charge on any atom is 0.266 e. The molecule has 2 rings (SSSR count). The molecule has 26 heavy (non-hydrogen) atoms. The van der Waals surface area contributed by atoms with E-state index in [1.54, 1.807) is 17.0 Å². The first kappa shape index (κ1) is 20.9. The topological polar surface area (TPSA) is 60.9 Å². The molecule has 0 unspecified atom stereocenters. The number of carbonyl (C=O) groups is 2. The third-order valence-electron chi connectivity index (χ3n) is 3.94. The third-order valence-corrected chi connectivity index (χ3v) is 5.66. The summed E-state index contributed by atoms with van der Waals surface area (Å²) >= 11 is 12.7. The Balaban J connectivity index is 1.95. The Hall–Kier alpha value is -1.41. The molecule has 1 aromatic carbocycles. The van der Waals surface area contributed by atoms with Crippen LogP contribution in [0.15, 0.2) is 29.2 Å². The smallest absolute Gasteiger partial charge is 0.266 e. The minimum atomic E-state index is -0.157. The Labute approximate surface area is 168 Å². The van der Waals surface area contributed by atoms with E-state index in [-0.39, 0.29) is 18.4 Å². The molecule has 1 aliphatic rings. The van der Waals surface area contributed by atoms with Gasteiger partial charge in [-0.3, -0.25) is 14.5 Å². The minimum absolute atomic E-state index is 0.0291. The van der Waals surface area contributed by atoms with Gasteiger partial charge in [-0.15, -0.1) is 0 Å². The zero-order valence-electron chi connectivity index (χ0n) is 14.5. The summed E-state index contributed by atoms with van der Waals surface area (Å²) in [5, 5.41) is 9.55. The first-order chi connectivity index (χ1) is 12.5. The van der Waals surface area contributed by atoms with Gasteiger partial charge in [0.05, 0.1) is 11.5 Å². The molecule has 1 N–H and O–H groups in total. The van der Waals surface area contributed by atoms with Crippen molar-refractivity contribution in [1.82, 2.24) is 9.80 Å². The van der Waals surface area contributed by atoms with Crippen molar-refractivity contribution in [2.45, 2.75) is 19.8 Å². The molecule has 0 aromatic heterocycles. The molecule has 1 fully saturated rings. The fourth-order valence-corrected chi connectivity index (χ4v) is 4.04. The van der Waals surface area contributed by atoms with Gasteiger partial charge in [-0.2, -0.15) is 0 Å². The van der Waals surface area contributed by atoms with Crippen molar-refractivity contribution in [1.29, 1.82) is 0 Å². The van der Waals surface area contributed by atoms with Crippen molar-refractivity contribution in [3.8, 4) is 0 Å². The number of hydrogen-bond acceptors (Lipinski definition) is 5. The minimum Gasteiger partial charge on any atom is -0.395 e. The van der Waals surface area contributed by atoms with Gasteiger partial charge in [-0.25, -0.2) is 0 Å². The predicted molar refractivity (Wildman–Crippen MR) is 110 cm³/mol. The number of aliphatic hydroxyl groups is 1. The van der Waals surface area contributed by atoms with E-state index in [1.165, 1.54) is 16.7 Å². The number of nitrogens with zero attached hydrogens (tertiary/aromatic N) is 2. The summed E-state index contributed by atoms with van der Waals surface area (Å²) in [6.45, 7) is 3.10. The molecule has 1 aliphatic heterocycles. The summed E-state index contributed by atoms with van der Waals surface area (Å²) in [6, 6.07) is 7.30. The normalized spacial score (nSPS) is 15.8. The number of aliphatic hydroxyl groups excluding tert-OH is 1. The van der Waals surface area contributed by atoms with Crippen molar-refractivity contribution in [2.24, 2.45) is 0 Å². The van der Waals surface area contributed by atoms with Crippen LogP contribution in [0.25, 0.3) is 6.08 Å². The van der Waals surface area contributed by atoms with Gasteiger partial charge in [0, 0.05) is 31.1 Å². The monoisotopic (exact) mass is 412 g/mol. The Bertz CT molecular complexity index is 724. The fraction of sp³-hybridized carbons (Fsp3) is 0.389. The standard InChI is InChI=1S/C18H21ClN2O3S2/c1-2-20(10-11-22)16(23)8-5-9-21-17(24)15(26-18(21)25)12-13-6-3-4-7-14(13)19/h3-4,6-7,12,22H,2,5,8-11H2,1H3/b15-12+. The number of rotatable bonds is 8. The second kappa shape index (κ2) is 10.1. The number of thioether (sulfide) groups is 1. The van der Waals surface area contributed by atoms with Gasteiger partial charge in [0.15, 0.2) is 0 Å². The van der Waals surface area contributed by atoms with E-state index in [2.05, 4.69) is 0 Å². The van der Waals surface area contributed by atoms with Crippen LogP contribution in [0.4, 0.5) is 0 Å². The molecule has 5 nitrogen and oxygen atoms in total. The van der Waals surface area contributed by atoms with Crippen molar-refractivity contribution in [3.05, 3.63) is 39.8 Å². The lowest BCUT2D eigenvalue weighted by atomic mass is 10.2. The number of carbonyl (C=O) groups excluding carboxylic acids is 2. The summed E-state index contributed by atoms with van der Waals surface area (Å²) in [7, 11) is 0. The van der Waals surface area contributed by atoms with Crippen LogP contribution in [0.3, 0.4) is 0 Å². The van der Waals surface area contributed by atoms with Crippen LogP contribution in [0.2, 0.25) is 5.02 Å². The van der Waals surface area contributed by atoms with Gasteiger partial charge < -0.3 is 10.0 Å². The van der Waals surface area contributed by atoms with E-state index in [0.717, 1.165) is 5.56 Å². The quantitative estimate of drug-likeness (QED) is 0.525. The average Bonchev–Trinajstić information content (AvgIpc) is 2.88. The number of amides is 2. The SMILES string of the molecule is CCN(CCO)C(=O)CCCN1C(=O)/C(=C\c2ccccc2Cl)SC1=S. The van der Waals surface area contributed by atoms with E-state index >= 15 is 0 Å². The van der Waals surface area contributed by atoms with E-state index < -0.39 is 0 Å². The predicted octanol–water partition coefficient (Wildman–Crippen LogP) is 3.16. The summed E-state index contributed by atoms with van der Waals surface area (Å²) in [5.74, 6) is -0.186. The lowest BCUT2D eigenvalue weighted by Crippen LogP contribution is -2.34. The summed E-state index contributed by atoms with van der Waals surface area (Å²) in [4.78, 5) is 28.3. The molecule has 1 aromatic rings. The zero-order chi connectivity index (χ0) is 19.1. The van der Waals surface area contributed by atoms with Crippen LogP contribution in [-0.2, 0) is 9.59 Å². The molecule has 0 saturated carbocycles. The lowest BCUT2D eigenvalue weighted by Gasteiger charge is -2.20. The largest absolute Gasteiger partial charge is 0.395 e. The van der Waals surface area contributed by atoms with Gasteiger partial charge in [-0.05, 0) is 31.1 Å². The maximum atomic E-state index is 12.6. The Morgan fingerprint density at radius 1 is 1.42 bits per heavy atom. The van der Waals surface area contributed by atoms with Crippen LogP contribution in [0, 0.1) is 0 Å². The Morgan fingerprint density at radius 2 is 2.15 bits per heavy atom. The first-order valence-electron chi connectivity index (χ1n) is 8.36. The fourth-order valence-electron chi connectivity index (χ4n) is 2.55. The highest BCUT2D eigenvalue weighted by Gasteiger charge is 2.31. The van der Waals surface area contributed by atoms with Gasteiger partial charge in [0.25, 0.3) is 5.91 Å². The molecule has 0 atom stereocenters. The molecule has 0 aliphatic carbocycles. The molecule has 0 bridgehead atoms. The second-order valence-electron chi connectivity index (χ2n) is 5.66. The number of hydrogen-bond donors (Lipinski definition) is 1. The van der Waals surface area contributed by atoms with E-state index in [0.29, 0.717) is 46.7 Å². The first-order valence-corrected chi connectivity index (χ1v) is 9.96. The van der Waals surface area contributed by atoms with Crippen LogP contribution in [0.1, 0.15) is 25.3 Å². The molecule has 8 heteroatoms. The number of halogens is 1. The second-order valence-corrected chi connectivity index (χ2v) is 7.74. The van der Waals surface area contributed by atoms with Gasteiger partial charge >= 0.3 is 0 Å². The average molecular weight is 413 g/mol. The van der Waals surface area contributed by atoms with E-state index in [1.807, 2.05) is 25.1 Å². The molecular weight excluding hydrogens is 392 g/mol. The number of benzene rings is 1. The van der Waals surface area contributed by atoms with Crippen molar-refractivity contribution < 1.29 is 14.7 Å². The summed E-state index contributed by atoms with van der Waals surface area (Å²) in [6.07, 6.45) is 2.58. The molecule has 140 valence electrons. The molecule has 0 radical (unpaired) electrons.